The molecule has 1 heterocycles. The Morgan fingerprint density at radius 2 is 1.78 bits per heavy atom. The van der Waals surface area contributed by atoms with E-state index in [1.807, 2.05) is 55.4 Å². The second-order valence-electron chi connectivity index (χ2n) is 6.61. The van der Waals surface area contributed by atoms with Gasteiger partial charge in [-0.25, -0.2) is 4.98 Å². The summed E-state index contributed by atoms with van der Waals surface area (Å²) in [4.78, 5) is 18.9. The van der Waals surface area contributed by atoms with E-state index in [4.69, 9.17) is 0 Å². The molecular weight excluding hydrogens is 336 g/mol. The summed E-state index contributed by atoms with van der Waals surface area (Å²) in [6, 6.07) is 19.4. The van der Waals surface area contributed by atoms with E-state index in [0.29, 0.717) is 17.9 Å². The zero-order chi connectivity index (χ0) is 19.2. The molecule has 27 heavy (non-hydrogen) atoms. The molecule has 1 aromatic heterocycles. The summed E-state index contributed by atoms with van der Waals surface area (Å²) >= 11 is 0. The lowest BCUT2D eigenvalue weighted by Crippen LogP contribution is -2.13. The second kappa shape index (κ2) is 8.36. The molecule has 2 N–H and O–H groups in total. The maximum absolute atomic E-state index is 12.5. The van der Waals surface area contributed by atoms with Crippen LogP contribution in [0.25, 0.3) is 0 Å². The molecule has 138 valence electrons. The Kier molecular flexibility index (Phi) is 5.71. The molecular formula is C22H24N4O. The second-order valence-corrected chi connectivity index (χ2v) is 6.61. The Hall–Kier alpha value is -3.34. The maximum Gasteiger partial charge on any atom is 0.255 e. The number of hydrogen-bond donors (Lipinski definition) is 2. The van der Waals surface area contributed by atoms with Crippen LogP contribution >= 0.6 is 0 Å². The van der Waals surface area contributed by atoms with Gasteiger partial charge in [0, 0.05) is 43.8 Å². The summed E-state index contributed by atoms with van der Waals surface area (Å²) in [6.07, 6.45) is 1.64. The molecule has 5 heteroatoms. The molecule has 0 aliphatic carbocycles. The average Bonchev–Trinajstić information content (AvgIpc) is 2.68. The Balaban J connectivity index is 1.65. The monoisotopic (exact) mass is 360 g/mol. The highest BCUT2D eigenvalue weighted by Crippen LogP contribution is 2.17. The van der Waals surface area contributed by atoms with Crippen molar-refractivity contribution in [2.75, 3.05) is 29.6 Å². The van der Waals surface area contributed by atoms with Gasteiger partial charge in [0.25, 0.3) is 5.91 Å². The predicted octanol–water partition coefficient (Wildman–Crippen LogP) is 4.32. The molecule has 3 aromatic rings. The van der Waals surface area contributed by atoms with Crippen LogP contribution in [-0.4, -0.2) is 25.0 Å². The first-order valence-corrected chi connectivity index (χ1v) is 8.86. The van der Waals surface area contributed by atoms with Crippen molar-refractivity contribution < 1.29 is 4.79 Å². The highest BCUT2D eigenvalue weighted by Gasteiger charge is 2.08. The molecule has 0 aliphatic rings. The molecule has 0 unspecified atom stereocenters. The van der Waals surface area contributed by atoms with E-state index in [9.17, 15) is 4.79 Å². The van der Waals surface area contributed by atoms with Crippen LogP contribution in [0.5, 0.6) is 0 Å². The van der Waals surface area contributed by atoms with E-state index in [2.05, 4.69) is 34.7 Å². The molecule has 3 rings (SSSR count). The van der Waals surface area contributed by atoms with Crippen molar-refractivity contribution in [3.05, 3.63) is 83.6 Å². The lowest BCUT2D eigenvalue weighted by molar-refractivity contribution is 0.102. The first-order valence-electron chi connectivity index (χ1n) is 8.86. The number of rotatable bonds is 6. The van der Waals surface area contributed by atoms with Crippen molar-refractivity contribution in [3.8, 4) is 0 Å². The van der Waals surface area contributed by atoms with E-state index in [1.54, 1.807) is 18.3 Å². The normalized spacial score (nSPS) is 10.3. The minimum Gasteiger partial charge on any atom is -0.378 e. The number of carbonyl (C=O) groups is 1. The van der Waals surface area contributed by atoms with Crippen molar-refractivity contribution in [1.29, 1.82) is 0 Å². The minimum absolute atomic E-state index is 0.158. The number of benzene rings is 2. The number of carbonyl (C=O) groups excluding carboxylic acids is 1. The van der Waals surface area contributed by atoms with Crippen molar-refractivity contribution in [3.63, 3.8) is 0 Å². The van der Waals surface area contributed by atoms with E-state index >= 15 is 0 Å². The van der Waals surface area contributed by atoms with Gasteiger partial charge in [-0.2, -0.15) is 0 Å². The lowest BCUT2D eigenvalue weighted by Gasteiger charge is -2.13. The fourth-order valence-corrected chi connectivity index (χ4v) is 2.71. The fourth-order valence-electron chi connectivity index (χ4n) is 2.71. The zero-order valence-corrected chi connectivity index (χ0v) is 15.9. The van der Waals surface area contributed by atoms with Gasteiger partial charge in [-0.1, -0.05) is 24.3 Å². The predicted molar refractivity (Wildman–Crippen MR) is 111 cm³/mol. The van der Waals surface area contributed by atoms with Crippen LogP contribution in [0.3, 0.4) is 0 Å². The molecule has 0 bridgehead atoms. The largest absolute Gasteiger partial charge is 0.378 e. The standard InChI is InChI=1S/C22H24N4O/c1-16-6-4-5-7-18(16)15-24-21-14-17(12-13-23-21)22(27)25-19-8-10-20(11-9-19)26(2)3/h4-14H,15H2,1-3H3,(H,23,24)(H,25,27). The number of nitrogens with one attached hydrogen (secondary N) is 2. The first kappa shape index (κ1) is 18.5. The van der Waals surface area contributed by atoms with Crippen molar-refractivity contribution in [2.24, 2.45) is 0 Å². The smallest absolute Gasteiger partial charge is 0.255 e. The molecule has 0 radical (unpaired) electrons. The maximum atomic E-state index is 12.5. The molecule has 0 aliphatic heterocycles. The van der Waals surface area contributed by atoms with E-state index in [1.165, 1.54) is 11.1 Å². The SMILES string of the molecule is Cc1ccccc1CNc1cc(C(=O)Nc2ccc(N(C)C)cc2)ccn1. The van der Waals surface area contributed by atoms with Crippen LogP contribution in [0.4, 0.5) is 17.2 Å². The van der Waals surface area contributed by atoms with Crippen LogP contribution in [0.2, 0.25) is 0 Å². The number of anilines is 3. The Bertz CT molecular complexity index is 920. The van der Waals surface area contributed by atoms with Gasteiger partial charge >= 0.3 is 0 Å². The zero-order valence-electron chi connectivity index (χ0n) is 15.9. The fraction of sp³-hybridized carbons (Fsp3) is 0.182. The lowest BCUT2D eigenvalue weighted by atomic mass is 10.1. The summed E-state index contributed by atoms with van der Waals surface area (Å²) in [5.74, 6) is 0.516. The number of nitrogens with zero attached hydrogens (tertiary/aromatic N) is 2. The molecule has 0 spiro atoms. The number of pyridine rings is 1. The third kappa shape index (κ3) is 4.85. The third-order valence-electron chi connectivity index (χ3n) is 4.38. The quantitative estimate of drug-likeness (QED) is 0.687. The summed E-state index contributed by atoms with van der Waals surface area (Å²) in [5, 5.41) is 6.21. The van der Waals surface area contributed by atoms with Gasteiger partial charge in [0.05, 0.1) is 0 Å². The number of hydrogen-bond acceptors (Lipinski definition) is 4. The van der Waals surface area contributed by atoms with Crippen molar-refractivity contribution in [2.45, 2.75) is 13.5 Å². The molecule has 0 saturated carbocycles. The van der Waals surface area contributed by atoms with Crippen molar-refractivity contribution in [1.82, 2.24) is 4.98 Å². The third-order valence-corrected chi connectivity index (χ3v) is 4.38. The van der Waals surface area contributed by atoms with Gasteiger partial charge in [-0.05, 0) is 54.4 Å². The molecule has 5 nitrogen and oxygen atoms in total. The summed E-state index contributed by atoms with van der Waals surface area (Å²) < 4.78 is 0. The Labute approximate surface area is 160 Å². The average molecular weight is 360 g/mol. The highest BCUT2D eigenvalue weighted by atomic mass is 16.1. The molecule has 0 fully saturated rings. The molecule has 0 saturated heterocycles. The Morgan fingerprint density at radius 3 is 2.48 bits per heavy atom. The Morgan fingerprint density at radius 1 is 1.04 bits per heavy atom. The van der Waals surface area contributed by atoms with Gasteiger partial charge in [0.2, 0.25) is 0 Å². The first-order chi connectivity index (χ1) is 13.0. The van der Waals surface area contributed by atoms with Gasteiger partial charge in [0.15, 0.2) is 0 Å². The van der Waals surface area contributed by atoms with E-state index in [0.717, 1.165) is 11.4 Å². The van der Waals surface area contributed by atoms with Gasteiger partial charge in [0.1, 0.15) is 5.82 Å². The van der Waals surface area contributed by atoms with Crippen LogP contribution in [0.15, 0.2) is 66.9 Å². The summed E-state index contributed by atoms with van der Waals surface area (Å²) in [5.41, 5.74) is 4.83. The van der Waals surface area contributed by atoms with Crippen LogP contribution in [-0.2, 0) is 6.54 Å². The van der Waals surface area contributed by atoms with Gasteiger partial charge in [-0.3, -0.25) is 4.79 Å². The van der Waals surface area contributed by atoms with E-state index < -0.39 is 0 Å². The minimum atomic E-state index is -0.158. The summed E-state index contributed by atoms with van der Waals surface area (Å²) in [6.45, 7) is 2.74. The van der Waals surface area contributed by atoms with Crippen LogP contribution < -0.4 is 15.5 Å². The van der Waals surface area contributed by atoms with Crippen LogP contribution in [0.1, 0.15) is 21.5 Å². The molecule has 0 atom stereocenters. The number of amides is 1. The van der Waals surface area contributed by atoms with Crippen LogP contribution in [0, 0.1) is 6.92 Å². The number of aromatic nitrogens is 1. The number of aryl methyl sites for hydroxylation is 1. The highest BCUT2D eigenvalue weighted by molar-refractivity contribution is 6.04. The topological polar surface area (TPSA) is 57.3 Å². The summed E-state index contributed by atoms with van der Waals surface area (Å²) in [7, 11) is 3.96. The van der Waals surface area contributed by atoms with Crippen molar-refractivity contribution >= 4 is 23.1 Å². The van der Waals surface area contributed by atoms with E-state index in [-0.39, 0.29) is 5.91 Å². The van der Waals surface area contributed by atoms with Gasteiger partial charge < -0.3 is 15.5 Å². The van der Waals surface area contributed by atoms with Gasteiger partial charge in [-0.15, -0.1) is 0 Å². The molecule has 1 amide bonds. The molecule has 2 aromatic carbocycles.